The average molecular weight is 411 g/mol. The third-order valence-electron chi connectivity index (χ3n) is 6.00. The molecule has 2 aliphatic rings. The molecule has 0 spiro atoms. The molecule has 6 heteroatoms. The third-order valence-corrected chi connectivity index (χ3v) is 6.00. The summed E-state index contributed by atoms with van der Waals surface area (Å²) >= 11 is 0. The Morgan fingerprint density at radius 2 is 2.03 bits per heavy atom. The van der Waals surface area contributed by atoms with E-state index in [4.69, 9.17) is 4.74 Å². The molecule has 0 aromatic heterocycles. The van der Waals surface area contributed by atoms with Crippen LogP contribution in [0.3, 0.4) is 0 Å². The number of nitriles is 1. The van der Waals surface area contributed by atoms with Crippen LogP contribution in [-0.4, -0.2) is 50.2 Å². The summed E-state index contributed by atoms with van der Waals surface area (Å²) in [5, 5.41) is 15.6. The van der Waals surface area contributed by atoms with Gasteiger partial charge in [-0.25, -0.2) is 0 Å². The van der Waals surface area contributed by atoms with Crippen molar-refractivity contribution in [3.8, 4) is 6.07 Å². The zero-order valence-electron chi connectivity index (χ0n) is 18.1. The maximum absolute atomic E-state index is 12.7. The van der Waals surface area contributed by atoms with Crippen molar-refractivity contribution in [3.05, 3.63) is 46.7 Å². The predicted octanol–water partition coefficient (Wildman–Crippen LogP) is 2.85. The Kier molecular flexibility index (Phi) is 8.73. The van der Waals surface area contributed by atoms with Crippen LogP contribution >= 0.6 is 0 Å². The molecule has 30 heavy (non-hydrogen) atoms. The van der Waals surface area contributed by atoms with Gasteiger partial charge in [-0.15, -0.1) is 0 Å². The Morgan fingerprint density at radius 1 is 1.27 bits per heavy atom. The maximum Gasteiger partial charge on any atom is 0.263 e. The molecule has 0 saturated carbocycles. The number of fused-ring (bicyclic) bond motifs is 1. The van der Waals surface area contributed by atoms with Gasteiger partial charge in [0.2, 0.25) is 0 Å². The molecule has 1 aromatic carbocycles. The number of carbonyl (C=O) groups is 1. The zero-order valence-corrected chi connectivity index (χ0v) is 18.1. The number of carbonyl (C=O) groups excluding carboxylic acids is 1. The first kappa shape index (κ1) is 22.3. The molecule has 1 unspecified atom stereocenters. The molecule has 1 saturated heterocycles. The van der Waals surface area contributed by atoms with Crippen LogP contribution in [0.2, 0.25) is 0 Å². The quantitative estimate of drug-likeness (QED) is 0.372. The highest BCUT2D eigenvalue weighted by atomic mass is 16.5. The molecule has 1 aromatic rings. The lowest BCUT2D eigenvalue weighted by Gasteiger charge is -2.26. The minimum atomic E-state index is -0.317. The first-order chi connectivity index (χ1) is 14.7. The van der Waals surface area contributed by atoms with Gasteiger partial charge in [-0.05, 0) is 61.8 Å². The molecule has 6 nitrogen and oxygen atoms in total. The summed E-state index contributed by atoms with van der Waals surface area (Å²) in [6, 6.07) is 8.52. The fourth-order valence-electron chi connectivity index (χ4n) is 4.18. The molecule has 3 rings (SSSR count). The van der Waals surface area contributed by atoms with Gasteiger partial charge in [0.05, 0.1) is 19.3 Å². The number of hydrogen-bond acceptors (Lipinski definition) is 5. The van der Waals surface area contributed by atoms with E-state index in [2.05, 4.69) is 40.7 Å². The molecule has 2 N–H and O–H groups in total. The lowest BCUT2D eigenvalue weighted by molar-refractivity contribution is -0.117. The van der Waals surface area contributed by atoms with Crippen molar-refractivity contribution in [1.29, 1.82) is 5.26 Å². The highest BCUT2D eigenvalue weighted by molar-refractivity contribution is 5.97. The second-order valence-electron chi connectivity index (χ2n) is 8.10. The summed E-state index contributed by atoms with van der Waals surface area (Å²) in [5.74, 6) is -0.317. The largest absolute Gasteiger partial charge is 0.390 e. The van der Waals surface area contributed by atoms with Gasteiger partial charge in [-0.3, -0.25) is 9.69 Å². The van der Waals surface area contributed by atoms with E-state index in [1.165, 1.54) is 24.0 Å². The molecule has 1 fully saturated rings. The van der Waals surface area contributed by atoms with E-state index in [0.717, 1.165) is 70.6 Å². The first-order valence-electron chi connectivity index (χ1n) is 11.3. The summed E-state index contributed by atoms with van der Waals surface area (Å²) in [6.45, 7) is 7.34. The van der Waals surface area contributed by atoms with Gasteiger partial charge in [0.15, 0.2) is 0 Å². The lowest BCUT2D eigenvalue weighted by atomic mass is 9.88. The van der Waals surface area contributed by atoms with Gasteiger partial charge in [0.25, 0.3) is 5.91 Å². The van der Waals surface area contributed by atoms with E-state index in [1.807, 2.05) is 6.07 Å². The summed E-state index contributed by atoms with van der Waals surface area (Å²) < 4.78 is 5.35. The van der Waals surface area contributed by atoms with Crippen LogP contribution in [0.15, 0.2) is 30.0 Å². The van der Waals surface area contributed by atoms with E-state index < -0.39 is 0 Å². The van der Waals surface area contributed by atoms with Crippen LogP contribution in [0.25, 0.3) is 0 Å². The summed E-state index contributed by atoms with van der Waals surface area (Å²) in [4.78, 5) is 15.0. The number of nitrogens with one attached hydrogen (secondary N) is 2. The minimum absolute atomic E-state index is 0.0807. The molecule has 162 valence electrons. The molecule has 1 aliphatic heterocycles. The number of benzene rings is 1. The molecule has 0 bridgehead atoms. The lowest BCUT2D eigenvalue weighted by Crippen LogP contribution is -2.37. The number of hydrogen-bond donors (Lipinski definition) is 2. The van der Waals surface area contributed by atoms with Gasteiger partial charge in [-0.2, -0.15) is 5.26 Å². The number of morpholine rings is 1. The van der Waals surface area contributed by atoms with Crippen LogP contribution in [0.5, 0.6) is 0 Å². The number of ether oxygens (including phenoxy) is 1. The van der Waals surface area contributed by atoms with Crippen molar-refractivity contribution in [2.75, 3.05) is 39.4 Å². The van der Waals surface area contributed by atoms with Crippen molar-refractivity contribution in [3.63, 3.8) is 0 Å². The summed E-state index contributed by atoms with van der Waals surface area (Å²) in [5.41, 5.74) is 4.09. The van der Waals surface area contributed by atoms with E-state index in [-0.39, 0.29) is 17.5 Å². The SMILES string of the molecule is CCC(NC(=O)/C(C#N)=C\NCCCN1CCOCC1)c1ccc2c(c1)CCCC2. The van der Waals surface area contributed by atoms with Gasteiger partial charge < -0.3 is 15.4 Å². The Balaban J connectivity index is 1.50. The van der Waals surface area contributed by atoms with Gasteiger partial charge in [-0.1, -0.05) is 25.1 Å². The Bertz CT molecular complexity index is 778. The van der Waals surface area contributed by atoms with Crippen LogP contribution in [0.4, 0.5) is 0 Å². The Labute approximate surface area is 180 Å². The number of aryl methyl sites for hydroxylation is 2. The number of rotatable bonds is 9. The molecule has 1 amide bonds. The van der Waals surface area contributed by atoms with E-state index >= 15 is 0 Å². The smallest absolute Gasteiger partial charge is 0.263 e. The topological polar surface area (TPSA) is 77.4 Å². The van der Waals surface area contributed by atoms with Gasteiger partial charge >= 0.3 is 0 Å². The fourth-order valence-corrected chi connectivity index (χ4v) is 4.18. The highest BCUT2D eigenvalue weighted by Gasteiger charge is 2.18. The molecular formula is C24H34N4O2. The van der Waals surface area contributed by atoms with E-state index in [0.29, 0.717) is 0 Å². The molecule has 1 heterocycles. The third kappa shape index (κ3) is 6.32. The fraction of sp³-hybridized carbons (Fsp3) is 0.583. The molecule has 1 atom stereocenters. The normalized spacial score (nSPS) is 18.2. The second kappa shape index (κ2) is 11.7. The van der Waals surface area contributed by atoms with Crippen molar-refractivity contribution >= 4 is 5.91 Å². The first-order valence-corrected chi connectivity index (χ1v) is 11.3. The van der Waals surface area contributed by atoms with Gasteiger partial charge in [0.1, 0.15) is 11.6 Å². The standard InChI is InChI=1S/C24H34N4O2/c1-2-23(21-9-8-19-6-3-4-7-20(19)16-21)27-24(29)22(17-25)18-26-10-5-11-28-12-14-30-15-13-28/h8-9,16,18,23,26H,2-7,10-15H2,1H3,(H,27,29)/b22-18-. The molecular weight excluding hydrogens is 376 g/mol. The van der Waals surface area contributed by atoms with Crippen LogP contribution < -0.4 is 10.6 Å². The van der Waals surface area contributed by atoms with Crippen molar-refractivity contribution in [2.45, 2.75) is 51.5 Å². The maximum atomic E-state index is 12.7. The average Bonchev–Trinajstić information content (AvgIpc) is 2.80. The van der Waals surface area contributed by atoms with E-state index in [9.17, 15) is 10.1 Å². The van der Waals surface area contributed by atoms with Crippen molar-refractivity contribution in [1.82, 2.24) is 15.5 Å². The Morgan fingerprint density at radius 3 is 2.77 bits per heavy atom. The summed E-state index contributed by atoms with van der Waals surface area (Å²) in [7, 11) is 0. The van der Waals surface area contributed by atoms with Crippen molar-refractivity contribution in [2.24, 2.45) is 0 Å². The molecule has 1 aliphatic carbocycles. The number of amides is 1. The predicted molar refractivity (Wildman–Crippen MR) is 118 cm³/mol. The monoisotopic (exact) mass is 410 g/mol. The van der Waals surface area contributed by atoms with E-state index in [1.54, 1.807) is 6.20 Å². The van der Waals surface area contributed by atoms with Gasteiger partial charge in [0, 0.05) is 25.8 Å². The second-order valence-corrected chi connectivity index (χ2v) is 8.10. The van der Waals surface area contributed by atoms with Crippen LogP contribution in [-0.2, 0) is 22.4 Å². The van der Waals surface area contributed by atoms with Crippen LogP contribution in [0.1, 0.15) is 55.3 Å². The zero-order chi connectivity index (χ0) is 21.2. The minimum Gasteiger partial charge on any atom is -0.390 e. The summed E-state index contributed by atoms with van der Waals surface area (Å²) in [6.07, 6.45) is 8.06. The number of nitrogens with zero attached hydrogens (tertiary/aromatic N) is 2. The highest BCUT2D eigenvalue weighted by Crippen LogP contribution is 2.26. The van der Waals surface area contributed by atoms with Crippen LogP contribution in [0, 0.1) is 11.3 Å². The molecule has 0 radical (unpaired) electrons. The van der Waals surface area contributed by atoms with Crippen molar-refractivity contribution < 1.29 is 9.53 Å². The Hall–Kier alpha value is -2.36.